The van der Waals surface area contributed by atoms with E-state index in [9.17, 15) is 0 Å². The fraction of sp³-hybridized carbons (Fsp3) is 0.167. The summed E-state index contributed by atoms with van der Waals surface area (Å²) in [4.78, 5) is 8.53. The molecule has 90 valence electrons. The monoisotopic (exact) mass is 257 g/mol. The molecule has 0 bridgehead atoms. The number of hydrogen-bond donors (Lipinski definition) is 2. The molecule has 5 nitrogen and oxygen atoms in total. The molecule has 0 atom stereocenters. The van der Waals surface area contributed by atoms with Crippen LogP contribution in [0.15, 0.2) is 24.5 Å². The Bertz CT molecular complexity index is 632. The zero-order valence-corrected chi connectivity index (χ0v) is 10.4. The molecule has 0 aliphatic rings. The Kier molecular flexibility index (Phi) is 3.75. The van der Waals surface area contributed by atoms with Crippen molar-refractivity contribution in [2.75, 3.05) is 0 Å². The van der Waals surface area contributed by atoms with Crippen LogP contribution in [0.4, 0.5) is 0 Å². The van der Waals surface area contributed by atoms with E-state index in [-0.39, 0.29) is 11.6 Å². The highest BCUT2D eigenvalue weighted by atomic mass is 32.2. The number of nitrogens with two attached hydrogens (primary N) is 1. The summed E-state index contributed by atoms with van der Waals surface area (Å²) in [7, 11) is 0. The number of rotatable bonds is 3. The molecule has 6 heteroatoms. The van der Waals surface area contributed by atoms with E-state index in [1.165, 1.54) is 11.8 Å². The van der Waals surface area contributed by atoms with Crippen LogP contribution in [0.3, 0.4) is 0 Å². The van der Waals surface area contributed by atoms with E-state index in [1.807, 2.05) is 12.1 Å². The summed E-state index contributed by atoms with van der Waals surface area (Å²) in [6.07, 6.45) is 3.67. The lowest BCUT2D eigenvalue weighted by molar-refractivity contribution is 1.11. The van der Waals surface area contributed by atoms with E-state index in [4.69, 9.17) is 16.4 Å². The summed E-state index contributed by atoms with van der Waals surface area (Å²) in [5.74, 6) is 0.497. The lowest BCUT2D eigenvalue weighted by atomic mass is 10.1. The first kappa shape index (κ1) is 12.3. The first-order chi connectivity index (χ1) is 8.72. The van der Waals surface area contributed by atoms with Crippen LogP contribution in [0.5, 0.6) is 0 Å². The lowest BCUT2D eigenvalue weighted by Gasteiger charge is -2.08. The molecule has 2 heterocycles. The number of nitrogens with zero attached hydrogens (tertiary/aromatic N) is 3. The highest BCUT2D eigenvalue weighted by Gasteiger charge is 2.10. The van der Waals surface area contributed by atoms with E-state index < -0.39 is 0 Å². The average Bonchev–Trinajstić information content (AvgIpc) is 2.38. The van der Waals surface area contributed by atoms with Crippen molar-refractivity contribution in [3.63, 3.8) is 0 Å². The van der Waals surface area contributed by atoms with Crippen molar-refractivity contribution >= 4 is 27.8 Å². The third kappa shape index (κ3) is 2.57. The Balaban J connectivity index is 2.49. The van der Waals surface area contributed by atoms with Crippen LogP contribution in [-0.4, -0.2) is 15.1 Å². The molecule has 0 saturated heterocycles. The van der Waals surface area contributed by atoms with Crippen molar-refractivity contribution < 1.29 is 0 Å². The van der Waals surface area contributed by atoms with Gasteiger partial charge < -0.3 is 5.73 Å². The zero-order chi connectivity index (χ0) is 13.0. The summed E-state index contributed by atoms with van der Waals surface area (Å²) in [6.45, 7) is 0. The van der Waals surface area contributed by atoms with Crippen LogP contribution in [-0.2, 0) is 12.2 Å². The topological polar surface area (TPSA) is 99.4 Å². The number of pyridine rings is 2. The van der Waals surface area contributed by atoms with Crippen LogP contribution in [0.1, 0.15) is 11.3 Å². The van der Waals surface area contributed by atoms with Gasteiger partial charge in [-0.25, -0.2) is 0 Å². The smallest absolute Gasteiger partial charge is 0.151 e. The number of amidine groups is 1. The van der Waals surface area contributed by atoms with E-state index in [0.29, 0.717) is 5.75 Å². The number of aromatic nitrogens is 2. The largest absolute Gasteiger partial charge is 0.379 e. The van der Waals surface area contributed by atoms with Gasteiger partial charge in [-0.3, -0.25) is 15.4 Å². The summed E-state index contributed by atoms with van der Waals surface area (Å²) < 4.78 is 0. The maximum atomic E-state index is 8.91. The Morgan fingerprint density at radius 1 is 1.50 bits per heavy atom. The first-order valence-corrected chi connectivity index (χ1v) is 6.26. The molecule has 0 spiro atoms. The van der Waals surface area contributed by atoms with Crippen LogP contribution >= 0.6 is 11.8 Å². The van der Waals surface area contributed by atoms with Gasteiger partial charge in [0.25, 0.3) is 0 Å². The van der Waals surface area contributed by atoms with Crippen LogP contribution in [0, 0.1) is 16.7 Å². The van der Waals surface area contributed by atoms with Crippen LogP contribution < -0.4 is 5.73 Å². The molecular weight excluding hydrogens is 246 g/mol. The highest BCUT2D eigenvalue weighted by molar-refractivity contribution is 8.13. The fourth-order valence-corrected chi connectivity index (χ4v) is 2.24. The lowest BCUT2D eigenvalue weighted by Crippen LogP contribution is -2.06. The minimum absolute atomic E-state index is 0.0472. The van der Waals surface area contributed by atoms with Gasteiger partial charge in [0.15, 0.2) is 5.17 Å². The Morgan fingerprint density at radius 2 is 2.33 bits per heavy atom. The van der Waals surface area contributed by atoms with Crippen molar-refractivity contribution in [3.8, 4) is 6.07 Å². The number of fused-ring (bicyclic) bond motifs is 1. The second-order valence-electron chi connectivity index (χ2n) is 3.61. The van der Waals surface area contributed by atoms with E-state index in [0.717, 1.165) is 22.2 Å². The molecule has 0 saturated carbocycles. The van der Waals surface area contributed by atoms with Gasteiger partial charge in [-0.15, -0.1) is 0 Å². The quantitative estimate of drug-likeness (QED) is 0.645. The molecule has 0 aliphatic carbocycles. The minimum Gasteiger partial charge on any atom is -0.379 e. The Labute approximate surface area is 109 Å². The summed E-state index contributed by atoms with van der Waals surface area (Å²) >= 11 is 1.20. The standard InChI is InChI=1S/C12H11N5S/c13-4-3-9-8-2-1-5-16-10(8)6-17-11(9)7-18-12(14)15/h1-2,5-6H,3,7H2,(H3,14,15). The van der Waals surface area contributed by atoms with Gasteiger partial charge in [0.1, 0.15) is 0 Å². The number of nitriles is 1. The summed E-state index contributed by atoms with van der Waals surface area (Å²) in [5.41, 5.74) is 7.76. The Hall–Kier alpha value is -2.13. The number of nitrogens with one attached hydrogen (secondary N) is 1. The molecule has 0 fully saturated rings. The first-order valence-electron chi connectivity index (χ1n) is 5.27. The second kappa shape index (κ2) is 5.47. The third-order valence-corrected chi connectivity index (χ3v) is 3.20. The fourth-order valence-electron chi connectivity index (χ4n) is 1.69. The maximum absolute atomic E-state index is 8.91. The average molecular weight is 257 g/mol. The van der Waals surface area contributed by atoms with Gasteiger partial charge in [-0.1, -0.05) is 17.8 Å². The molecular formula is C12H11N5S. The molecule has 2 aromatic heterocycles. The van der Waals surface area contributed by atoms with Gasteiger partial charge in [-0.05, 0) is 11.6 Å². The summed E-state index contributed by atoms with van der Waals surface area (Å²) in [6, 6.07) is 5.91. The van der Waals surface area contributed by atoms with Crippen molar-refractivity contribution in [1.29, 1.82) is 10.7 Å². The van der Waals surface area contributed by atoms with Gasteiger partial charge in [0.05, 0.1) is 29.9 Å². The molecule has 18 heavy (non-hydrogen) atoms. The van der Waals surface area contributed by atoms with Crippen molar-refractivity contribution in [2.45, 2.75) is 12.2 Å². The SMILES string of the molecule is N#CCc1c(CSC(=N)N)ncc2ncccc12. The third-order valence-electron chi connectivity index (χ3n) is 2.47. The van der Waals surface area contributed by atoms with Crippen molar-refractivity contribution in [2.24, 2.45) is 5.73 Å². The number of thioether (sulfide) groups is 1. The van der Waals surface area contributed by atoms with Gasteiger partial charge in [0.2, 0.25) is 0 Å². The molecule has 0 aromatic carbocycles. The maximum Gasteiger partial charge on any atom is 0.151 e. The molecule has 0 amide bonds. The van der Waals surface area contributed by atoms with Gasteiger partial charge in [-0.2, -0.15) is 5.26 Å². The van der Waals surface area contributed by atoms with Crippen LogP contribution in [0.25, 0.3) is 10.9 Å². The van der Waals surface area contributed by atoms with Gasteiger partial charge in [0, 0.05) is 17.3 Å². The van der Waals surface area contributed by atoms with E-state index in [1.54, 1.807) is 12.4 Å². The molecule has 2 aromatic rings. The predicted octanol–water partition coefficient (Wildman–Crippen LogP) is 1.82. The highest BCUT2D eigenvalue weighted by Crippen LogP contribution is 2.22. The predicted molar refractivity (Wildman–Crippen MR) is 72.1 cm³/mol. The van der Waals surface area contributed by atoms with Gasteiger partial charge >= 0.3 is 0 Å². The molecule has 2 rings (SSSR count). The second-order valence-corrected chi connectivity index (χ2v) is 4.62. The van der Waals surface area contributed by atoms with E-state index in [2.05, 4.69) is 16.0 Å². The number of hydrogen-bond acceptors (Lipinski definition) is 5. The molecule has 0 aliphatic heterocycles. The Morgan fingerprint density at radius 3 is 3.06 bits per heavy atom. The van der Waals surface area contributed by atoms with Crippen LogP contribution in [0.2, 0.25) is 0 Å². The van der Waals surface area contributed by atoms with Crippen molar-refractivity contribution in [1.82, 2.24) is 9.97 Å². The molecule has 0 radical (unpaired) electrons. The normalized spacial score (nSPS) is 10.2. The van der Waals surface area contributed by atoms with Crippen molar-refractivity contribution in [3.05, 3.63) is 35.8 Å². The summed E-state index contributed by atoms with van der Waals surface area (Å²) in [5, 5.41) is 17.1. The molecule has 0 unspecified atom stereocenters. The molecule has 3 N–H and O–H groups in total. The minimum atomic E-state index is 0.0472. The zero-order valence-electron chi connectivity index (χ0n) is 9.55. The van der Waals surface area contributed by atoms with E-state index >= 15 is 0 Å².